The number of nitro benzene ring substituents is 1. The predicted octanol–water partition coefficient (Wildman–Crippen LogP) is 0.335. The van der Waals surface area contributed by atoms with Crippen LogP contribution in [0.15, 0.2) is 12.1 Å². The highest BCUT2D eigenvalue weighted by Crippen LogP contribution is 2.39. The standard InChI is InChI=1S/C13H19N3O5/c17-6-1-10(15-4-2-14-3-5-15)9-7-11(16(20)21)13(19)12(18)8-9/h7-8,10,14,17-19H,1-6H2/t10-/m0/s1. The molecular weight excluding hydrogens is 278 g/mol. The summed E-state index contributed by atoms with van der Waals surface area (Å²) in [5.74, 6) is -1.25. The third-order valence-corrected chi connectivity index (χ3v) is 3.67. The monoisotopic (exact) mass is 297 g/mol. The number of aliphatic hydroxyl groups excluding tert-OH is 1. The van der Waals surface area contributed by atoms with Crippen molar-refractivity contribution in [1.82, 2.24) is 10.2 Å². The first kappa shape index (κ1) is 15.5. The molecule has 8 heteroatoms. The molecule has 1 heterocycles. The van der Waals surface area contributed by atoms with Crippen LogP contribution < -0.4 is 5.32 Å². The van der Waals surface area contributed by atoms with Gasteiger partial charge in [0.2, 0.25) is 5.75 Å². The summed E-state index contributed by atoms with van der Waals surface area (Å²) in [7, 11) is 0. The minimum absolute atomic E-state index is 0.0654. The number of aliphatic hydroxyl groups is 1. The molecule has 8 nitrogen and oxygen atoms in total. The van der Waals surface area contributed by atoms with Crippen molar-refractivity contribution in [2.45, 2.75) is 12.5 Å². The van der Waals surface area contributed by atoms with Crippen molar-refractivity contribution in [2.24, 2.45) is 0 Å². The quantitative estimate of drug-likeness (QED) is 0.351. The highest BCUT2D eigenvalue weighted by Gasteiger charge is 2.26. The Hall–Kier alpha value is -1.90. The summed E-state index contributed by atoms with van der Waals surface area (Å²) >= 11 is 0. The number of nitro groups is 1. The van der Waals surface area contributed by atoms with E-state index in [1.807, 2.05) is 0 Å². The lowest BCUT2D eigenvalue weighted by atomic mass is 10.00. The fraction of sp³-hybridized carbons (Fsp3) is 0.538. The van der Waals surface area contributed by atoms with E-state index in [0.717, 1.165) is 26.2 Å². The van der Waals surface area contributed by atoms with Crippen LogP contribution in [0.4, 0.5) is 5.69 Å². The van der Waals surface area contributed by atoms with Crippen LogP contribution in [0.1, 0.15) is 18.0 Å². The van der Waals surface area contributed by atoms with Crippen LogP contribution in [-0.2, 0) is 0 Å². The summed E-state index contributed by atoms with van der Waals surface area (Å²) in [5, 5.41) is 42.6. The molecule has 0 aliphatic carbocycles. The topological polar surface area (TPSA) is 119 Å². The first-order valence-electron chi connectivity index (χ1n) is 6.80. The lowest BCUT2D eigenvalue weighted by molar-refractivity contribution is -0.386. The largest absolute Gasteiger partial charge is 0.504 e. The van der Waals surface area contributed by atoms with Crippen LogP contribution in [0.3, 0.4) is 0 Å². The molecule has 1 aliphatic heterocycles. The second kappa shape index (κ2) is 6.70. The average molecular weight is 297 g/mol. The van der Waals surface area contributed by atoms with E-state index in [9.17, 15) is 25.4 Å². The Balaban J connectivity index is 2.37. The van der Waals surface area contributed by atoms with Crippen LogP contribution in [-0.4, -0.2) is 57.9 Å². The van der Waals surface area contributed by atoms with Crippen LogP contribution >= 0.6 is 0 Å². The van der Waals surface area contributed by atoms with Crippen molar-refractivity contribution in [3.05, 3.63) is 27.8 Å². The number of piperazine rings is 1. The zero-order chi connectivity index (χ0) is 15.4. The molecule has 0 aromatic heterocycles. The molecule has 1 aromatic carbocycles. The van der Waals surface area contributed by atoms with Gasteiger partial charge in [0.1, 0.15) is 0 Å². The van der Waals surface area contributed by atoms with Gasteiger partial charge in [0.25, 0.3) is 0 Å². The van der Waals surface area contributed by atoms with Gasteiger partial charge < -0.3 is 20.6 Å². The summed E-state index contributed by atoms with van der Waals surface area (Å²) in [6.45, 7) is 3.03. The van der Waals surface area contributed by atoms with E-state index in [2.05, 4.69) is 10.2 Å². The molecule has 1 aromatic rings. The number of nitrogens with zero attached hydrogens (tertiary/aromatic N) is 2. The second-order valence-corrected chi connectivity index (χ2v) is 4.98. The third-order valence-electron chi connectivity index (χ3n) is 3.67. The summed E-state index contributed by atoms with van der Waals surface area (Å²) < 4.78 is 0. The number of nitrogens with one attached hydrogen (secondary N) is 1. The van der Waals surface area contributed by atoms with Crippen LogP contribution in [0, 0.1) is 10.1 Å². The molecule has 0 spiro atoms. The van der Waals surface area contributed by atoms with Crippen LogP contribution in [0.25, 0.3) is 0 Å². The summed E-state index contributed by atoms with van der Waals surface area (Å²) in [4.78, 5) is 12.3. The summed E-state index contributed by atoms with van der Waals surface area (Å²) in [5.41, 5.74) is -0.00368. The Morgan fingerprint density at radius 2 is 2.00 bits per heavy atom. The highest BCUT2D eigenvalue weighted by atomic mass is 16.6. The van der Waals surface area contributed by atoms with Crippen molar-refractivity contribution in [3.8, 4) is 11.5 Å². The molecule has 1 saturated heterocycles. The van der Waals surface area contributed by atoms with Crippen LogP contribution in [0.2, 0.25) is 0 Å². The van der Waals surface area contributed by atoms with Gasteiger partial charge in [-0.15, -0.1) is 0 Å². The average Bonchev–Trinajstić information content (AvgIpc) is 2.48. The fourth-order valence-corrected chi connectivity index (χ4v) is 2.63. The zero-order valence-electron chi connectivity index (χ0n) is 11.5. The number of hydrogen-bond acceptors (Lipinski definition) is 7. The molecule has 4 N–H and O–H groups in total. The lowest BCUT2D eigenvalue weighted by Crippen LogP contribution is -2.45. The molecule has 0 radical (unpaired) electrons. The molecule has 0 amide bonds. The Labute approximate surface area is 121 Å². The maximum Gasteiger partial charge on any atom is 0.314 e. The molecule has 1 atom stereocenters. The van der Waals surface area contributed by atoms with Gasteiger partial charge in [0.15, 0.2) is 5.75 Å². The number of phenols is 2. The highest BCUT2D eigenvalue weighted by molar-refractivity contribution is 5.57. The summed E-state index contributed by atoms with van der Waals surface area (Å²) in [6, 6.07) is 2.35. The number of aromatic hydroxyl groups is 2. The van der Waals surface area contributed by atoms with E-state index < -0.39 is 22.1 Å². The molecule has 0 bridgehead atoms. The van der Waals surface area contributed by atoms with Gasteiger partial charge in [-0.05, 0) is 18.1 Å². The minimum atomic E-state index is -0.730. The SMILES string of the molecule is O=[N+]([O-])c1cc([C@H](CCO)N2CCNCC2)cc(O)c1O. The van der Waals surface area contributed by atoms with Crippen molar-refractivity contribution < 1.29 is 20.2 Å². The molecule has 0 saturated carbocycles. The molecule has 21 heavy (non-hydrogen) atoms. The maximum absolute atomic E-state index is 10.9. The van der Waals surface area contributed by atoms with E-state index in [1.165, 1.54) is 12.1 Å². The Kier molecular flexibility index (Phi) is 4.94. The van der Waals surface area contributed by atoms with E-state index in [-0.39, 0.29) is 12.6 Å². The maximum atomic E-state index is 10.9. The molecule has 1 fully saturated rings. The van der Waals surface area contributed by atoms with Gasteiger partial charge in [-0.3, -0.25) is 15.0 Å². The van der Waals surface area contributed by atoms with Gasteiger partial charge in [-0.2, -0.15) is 0 Å². The first-order chi connectivity index (χ1) is 10.0. The predicted molar refractivity (Wildman–Crippen MR) is 75.3 cm³/mol. The minimum Gasteiger partial charge on any atom is -0.504 e. The molecule has 116 valence electrons. The van der Waals surface area contributed by atoms with E-state index >= 15 is 0 Å². The molecule has 1 aliphatic rings. The number of hydrogen-bond donors (Lipinski definition) is 4. The normalized spacial score (nSPS) is 17.6. The third kappa shape index (κ3) is 3.41. The van der Waals surface area contributed by atoms with Crippen molar-refractivity contribution in [1.29, 1.82) is 0 Å². The van der Waals surface area contributed by atoms with E-state index in [4.69, 9.17) is 0 Å². The Morgan fingerprint density at radius 1 is 1.33 bits per heavy atom. The Morgan fingerprint density at radius 3 is 2.57 bits per heavy atom. The molecular formula is C13H19N3O5. The molecule has 2 rings (SSSR count). The van der Waals surface area contributed by atoms with Gasteiger partial charge in [0.05, 0.1) is 4.92 Å². The van der Waals surface area contributed by atoms with Crippen molar-refractivity contribution in [3.63, 3.8) is 0 Å². The van der Waals surface area contributed by atoms with E-state index in [0.29, 0.717) is 12.0 Å². The summed E-state index contributed by atoms with van der Waals surface area (Å²) in [6.07, 6.45) is 0.404. The number of rotatable bonds is 5. The second-order valence-electron chi connectivity index (χ2n) is 4.98. The number of phenolic OH excluding ortho intramolecular Hbond substituents is 2. The zero-order valence-corrected chi connectivity index (χ0v) is 11.5. The van der Waals surface area contributed by atoms with Gasteiger partial charge in [-0.25, -0.2) is 0 Å². The molecule has 0 unspecified atom stereocenters. The van der Waals surface area contributed by atoms with Crippen molar-refractivity contribution >= 4 is 5.69 Å². The lowest BCUT2D eigenvalue weighted by Gasteiger charge is -2.35. The first-order valence-corrected chi connectivity index (χ1v) is 6.80. The van der Waals surface area contributed by atoms with Crippen LogP contribution in [0.5, 0.6) is 11.5 Å². The fourth-order valence-electron chi connectivity index (χ4n) is 2.63. The van der Waals surface area contributed by atoms with E-state index in [1.54, 1.807) is 0 Å². The Bertz CT molecular complexity index is 517. The smallest absolute Gasteiger partial charge is 0.314 e. The van der Waals surface area contributed by atoms with Gasteiger partial charge in [0, 0.05) is 44.9 Å². The van der Waals surface area contributed by atoms with Gasteiger partial charge in [-0.1, -0.05) is 0 Å². The number of benzene rings is 1. The van der Waals surface area contributed by atoms with Gasteiger partial charge >= 0.3 is 5.69 Å². The van der Waals surface area contributed by atoms with Crippen molar-refractivity contribution in [2.75, 3.05) is 32.8 Å².